The third-order valence-corrected chi connectivity index (χ3v) is 6.94. The minimum atomic E-state index is -3.39. The largest absolute Gasteiger partial charge is 0.363 e. The summed E-state index contributed by atoms with van der Waals surface area (Å²) < 4.78 is 29.8. The summed E-state index contributed by atoms with van der Waals surface area (Å²) in [7, 11) is -3.39. The molecule has 158 valence electrons. The molecule has 8 heteroatoms. The lowest BCUT2D eigenvalue weighted by Crippen LogP contribution is -2.12. The van der Waals surface area contributed by atoms with Crippen molar-refractivity contribution >= 4 is 27.0 Å². The SMILES string of the molecule is CS(=O)(=O)OC[C@H]1CC[C@H](n2ccc3c(N[C@H]4CCc5ccccc54)ncnc32)C1. The number of rotatable bonds is 6. The Morgan fingerprint density at radius 1 is 1.17 bits per heavy atom. The van der Waals surface area contributed by atoms with Gasteiger partial charge in [-0.25, -0.2) is 9.97 Å². The maximum Gasteiger partial charge on any atom is 0.264 e. The van der Waals surface area contributed by atoms with E-state index in [1.54, 1.807) is 6.33 Å². The van der Waals surface area contributed by atoms with Crippen LogP contribution in [0.3, 0.4) is 0 Å². The van der Waals surface area contributed by atoms with Gasteiger partial charge in [-0.05, 0) is 55.2 Å². The van der Waals surface area contributed by atoms with E-state index in [-0.39, 0.29) is 18.6 Å². The summed E-state index contributed by atoms with van der Waals surface area (Å²) >= 11 is 0. The second kappa shape index (κ2) is 7.67. The normalized spacial score (nSPS) is 23.7. The molecule has 2 heterocycles. The van der Waals surface area contributed by atoms with Crippen molar-refractivity contribution in [2.75, 3.05) is 18.2 Å². The van der Waals surface area contributed by atoms with Gasteiger partial charge in [0.05, 0.1) is 24.3 Å². The van der Waals surface area contributed by atoms with Crippen LogP contribution >= 0.6 is 0 Å². The van der Waals surface area contributed by atoms with E-state index in [0.29, 0.717) is 6.04 Å². The summed E-state index contributed by atoms with van der Waals surface area (Å²) in [5, 5.41) is 4.66. The monoisotopic (exact) mass is 426 g/mol. The minimum absolute atomic E-state index is 0.247. The first-order valence-corrected chi connectivity index (χ1v) is 12.3. The molecular weight excluding hydrogens is 400 g/mol. The van der Waals surface area contributed by atoms with Crippen molar-refractivity contribution in [3.63, 3.8) is 0 Å². The lowest BCUT2D eigenvalue weighted by atomic mass is 10.1. The Labute approximate surface area is 176 Å². The van der Waals surface area contributed by atoms with Gasteiger partial charge in [-0.3, -0.25) is 4.18 Å². The second-order valence-electron chi connectivity index (χ2n) is 8.44. The van der Waals surface area contributed by atoms with E-state index in [9.17, 15) is 8.42 Å². The van der Waals surface area contributed by atoms with Gasteiger partial charge in [0.25, 0.3) is 10.1 Å². The van der Waals surface area contributed by atoms with Crippen molar-refractivity contribution in [3.8, 4) is 0 Å². The predicted octanol–water partition coefficient (Wildman–Crippen LogP) is 3.85. The van der Waals surface area contributed by atoms with Crippen molar-refractivity contribution in [3.05, 3.63) is 54.0 Å². The van der Waals surface area contributed by atoms with Crippen molar-refractivity contribution in [2.24, 2.45) is 5.92 Å². The van der Waals surface area contributed by atoms with Crippen LogP contribution in [0.1, 0.15) is 48.9 Å². The number of anilines is 1. The molecule has 0 amide bonds. The molecule has 2 aliphatic rings. The summed E-state index contributed by atoms with van der Waals surface area (Å²) in [6, 6.07) is 11.2. The Balaban J connectivity index is 1.35. The van der Waals surface area contributed by atoms with Crippen LogP contribution in [-0.4, -0.2) is 35.8 Å². The number of aromatic nitrogens is 3. The van der Waals surface area contributed by atoms with Gasteiger partial charge >= 0.3 is 0 Å². The maximum absolute atomic E-state index is 11.3. The zero-order valence-corrected chi connectivity index (χ0v) is 17.8. The number of fused-ring (bicyclic) bond motifs is 2. The molecular formula is C22H26N4O3S. The molecule has 7 nitrogen and oxygen atoms in total. The Morgan fingerprint density at radius 3 is 2.90 bits per heavy atom. The van der Waals surface area contributed by atoms with Gasteiger partial charge in [-0.1, -0.05) is 24.3 Å². The average Bonchev–Trinajstić information content (AvgIpc) is 3.44. The van der Waals surface area contributed by atoms with E-state index >= 15 is 0 Å². The highest BCUT2D eigenvalue weighted by atomic mass is 32.2. The maximum atomic E-state index is 11.3. The Morgan fingerprint density at radius 2 is 2.03 bits per heavy atom. The van der Waals surface area contributed by atoms with Gasteiger partial charge in [0.2, 0.25) is 0 Å². The Bertz CT molecular complexity index is 1170. The average molecular weight is 427 g/mol. The third-order valence-electron chi connectivity index (χ3n) is 6.38. The molecule has 1 aromatic carbocycles. The molecule has 5 rings (SSSR count). The molecule has 3 aromatic rings. The first-order chi connectivity index (χ1) is 14.5. The van der Waals surface area contributed by atoms with Crippen LogP contribution in [0.15, 0.2) is 42.9 Å². The van der Waals surface area contributed by atoms with Gasteiger partial charge in [0.15, 0.2) is 0 Å². The molecule has 2 aromatic heterocycles. The molecule has 3 atom stereocenters. The predicted molar refractivity (Wildman–Crippen MR) is 116 cm³/mol. The van der Waals surface area contributed by atoms with Crippen LogP contribution in [0.2, 0.25) is 0 Å². The van der Waals surface area contributed by atoms with Crippen molar-refractivity contribution in [2.45, 2.75) is 44.2 Å². The van der Waals surface area contributed by atoms with Crippen LogP contribution in [0.5, 0.6) is 0 Å². The molecule has 0 spiro atoms. The number of aryl methyl sites for hydroxylation is 1. The second-order valence-corrected chi connectivity index (χ2v) is 10.1. The zero-order chi connectivity index (χ0) is 20.7. The highest BCUT2D eigenvalue weighted by Gasteiger charge is 2.29. The smallest absolute Gasteiger partial charge is 0.264 e. The van der Waals surface area contributed by atoms with E-state index < -0.39 is 10.1 Å². The molecule has 30 heavy (non-hydrogen) atoms. The van der Waals surface area contributed by atoms with E-state index in [1.807, 2.05) is 0 Å². The molecule has 1 fully saturated rings. The lowest BCUT2D eigenvalue weighted by Gasteiger charge is -2.17. The van der Waals surface area contributed by atoms with Crippen LogP contribution in [0, 0.1) is 5.92 Å². The summed E-state index contributed by atoms with van der Waals surface area (Å²) in [6.45, 7) is 0.261. The number of nitrogens with one attached hydrogen (secondary N) is 1. The molecule has 2 aliphatic carbocycles. The highest BCUT2D eigenvalue weighted by molar-refractivity contribution is 7.85. The fourth-order valence-corrected chi connectivity index (χ4v) is 5.36. The van der Waals surface area contributed by atoms with E-state index in [4.69, 9.17) is 4.18 Å². The number of nitrogens with zero attached hydrogens (tertiary/aromatic N) is 3. The zero-order valence-electron chi connectivity index (χ0n) is 17.0. The van der Waals surface area contributed by atoms with Gasteiger partial charge in [0.1, 0.15) is 17.8 Å². The van der Waals surface area contributed by atoms with Gasteiger partial charge in [0, 0.05) is 12.2 Å². The van der Waals surface area contributed by atoms with E-state index in [1.165, 1.54) is 11.1 Å². The fourth-order valence-electron chi connectivity index (χ4n) is 4.93. The number of hydrogen-bond donors (Lipinski definition) is 1. The fraction of sp³-hybridized carbons (Fsp3) is 0.455. The summed E-state index contributed by atoms with van der Waals surface area (Å²) in [5.41, 5.74) is 3.69. The summed E-state index contributed by atoms with van der Waals surface area (Å²) in [4.78, 5) is 9.09. The summed E-state index contributed by atoms with van der Waals surface area (Å²) in [5.74, 6) is 1.12. The van der Waals surface area contributed by atoms with E-state index in [2.05, 4.69) is 56.4 Å². The van der Waals surface area contributed by atoms with Gasteiger partial charge in [-0.15, -0.1) is 0 Å². The Hall–Kier alpha value is -2.45. The third kappa shape index (κ3) is 3.81. The van der Waals surface area contributed by atoms with Crippen LogP contribution in [-0.2, 0) is 20.7 Å². The molecule has 0 unspecified atom stereocenters. The highest BCUT2D eigenvalue weighted by Crippen LogP contribution is 2.38. The van der Waals surface area contributed by atoms with Gasteiger partial charge < -0.3 is 9.88 Å². The quantitative estimate of drug-likeness (QED) is 0.603. The standard InChI is InChI=1S/C22H26N4O3S/c1-30(27,28)29-13-15-6-8-17(12-15)26-11-10-19-21(23-14-24-22(19)26)25-20-9-7-16-4-2-3-5-18(16)20/h2-5,10-11,14-15,17,20H,6-9,12-13H2,1H3,(H,23,24,25)/t15-,17-,20-/m0/s1. The molecule has 0 saturated heterocycles. The molecule has 0 bridgehead atoms. The Kier molecular flexibility index (Phi) is 4.99. The summed E-state index contributed by atoms with van der Waals surface area (Å²) in [6.07, 6.45) is 9.80. The number of hydrogen-bond acceptors (Lipinski definition) is 6. The minimum Gasteiger partial charge on any atom is -0.363 e. The topological polar surface area (TPSA) is 86.1 Å². The van der Waals surface area contributed by atoms with Crippen molar-refractivity contribution in [1.82, 2.24) is 14.5 Å². The van der Waals surface area contributed by atoms with Crippen molar-refractivity contribution in [1.29, 1.82) is 0 Å². The van der Waals surface area contributed by atoms with Gasteiger partial charge in [-0.2, -0.15) is 8.42 Å². The molecule has 0 radical (unpaired) electrons. The number of benzene rings is 1. The lowest BCUT2D eigenvalue weighted by molar-refractivity contribution is 0.255. The first kappa shape index (κ1) is 19.5. The van der Waals surface area contributed by atoms with E-state index in [0.717, 1.165) is 55.2 Å². The molecule has 1 N–H and O–H groups in total. The van der Waals surface area contributed by atoms with Crippen molar-refractivity contribution < 1.29 is 12.6 Å². The van der Waals surface area contributed by atoms with Crippen LogP contribution < -0.4 is 5.32 Å². The van der Waals surface area contributed by atoms with Crippen LogP contribution in [0.4, 0.5) is 5.82 Å². The molecule has 1 saturated carbocycles. The first-order valence-electron chi connectivity index (χ1n) is 10.5. The van der Waals surface area contributed by atoms with Crippen LogP contribution in [0.25, 0.3) is 11.0 Å². The molecule has 0 aliphatic heterocycles.